The maximum atomic E-state index is 11.7. The third-order valence-electron chi connectivity index (χ3n) is 3.95. The monoisotopic (exact) mass is 345 g/mol. The average Bonchev–Trinajstić information content (AvgIpc) is 2.99. The third-order valence-corrected chi connectivity index (χ3v) is 3.95. The van der Waals surface area contributed by atoms with Crippen LogP contribution in [0.4, 0.5) is 0 Å². The average molecular weight is 345 g/mol. The van der Waals surface area contributed by atoms with Gasteiger partial charge in [0, 0.05) is 4.92 Å². The summed E-state index contributed by atoms with van der Waals surface area (Å²) in [4.78, 5) is 30.5. The number of nitrogens with zero attached hydrogens (tertiary/aromatic N) is 3. The van der Waals surface area contributed by atoms with E-state index in [1.807, 2.05) is 0 Å². The summed E-state index contributed by atoms with van der Waals surface area (Å²) in [7, 11) is 2.74. The van der Waals surface area contributed by atoms with Gasteiger partial charge in [-0.3, -0.25) is 14.9 Å². The van der Waals surface area contributed by atoms with E-state index >= 15 is 0 Å². The molecule has 2 aromatic heterocycles. The van der Waals surface area contributed by atoms with Crippen molar-refractivity contribution in [2.24, 2.45) is 0 Å². The summed E-state index contributed by atoms with van der Waals surface area (Å²) >= 11 is 0. The van der Waals surface area contributed by atoms with Gasteiger partial charge in [0.15, 0.2) is 16.9 Å². The molecule has 1 atom stereocenters. The van der Waals surface area contributed by atoms with Gasteiger partial charge in [0.05, 0.1) is 38.1 Å². The van der Waals surface area contributed by atoms with E-state index in [2.05, 4.69) is 14.7 Å². The standard InChI is InChI=1S/C16H15N3O6/c1-23-11-4-3-10(9(7-19(21)22)5-13(20)24-2)14-15-12(25-16(11)14)6-17-8-18-15/h3-4,6,8-9H,5,7H2,1-2H3. The van der Waals surface area contributed by atoms with Crippen LogP contribution in [0, 0.1) is 10.1 Å². The van der Waals surface area contributed by atoms with Crippen molar-refractivity contribution in [2.75, 3.05) is 20.8 Å². The lowest BCUT2D eigenvalue weighted by atomic mass is 9.92. The lowest BCUT2D eigenvalue weighted by molar-refractivity contribution is -0.483. The van der Waals surface area contributed by atoms with Gasteiger partial charge in [-0.2, -0.15) is 0 Å². The van der Waals surface area contributed by atoms with Crippen LogP contribution >= 0.6 is 0 Å². The number of benzene rings is 1. The fourth-order valence-electron chi connectivity index (χ4n) is 2.85. The second-order valence-electron chi connectivity index (χ2n) is 5.39. The fourth-order valence-corrected chi connectivity index (χ4v) is 2.85. The minimum Gasteiger partial charge on any atom is -0.493 e. The number of carbonyl (C=O) groups is 1. The number of hydrogen-bond acceptors (Lipinski definition) is 8. The van der Waals surface area contributed by atoms with Gasteiger partial charge in [0.25, 0.3) is 0 Å². The van der Waals surface area contributed by atoms with Gasteiger partial charge in [0.2, 0.25) is 6.54 Å². The van der Waals surface area contributed by atoms with Gasteiger partial charge in [0.1, 0.15) is 11.8 Å². The van der Waals surface area contributed by atoms with Gasteiger partial charge >= 0.3 is 5.97 Å². The van der Waals surface area contributed by atoms with Gasteiger partial charge in [-0.15, -0.1) is 0 Å². The summed E-state index contributed by atoms with van der Waals surface area (Å²) in [5.74, 6) is -0.750. The maximum absolute atomic E-state index is 11.7. The molecular weight excluding hydrogens is 330 g/mol. The van der Waals surface area contributed by atoms with E-state index < -0.39 is 23.4 Å². The van der Waals surface area contributed by atoms with E-state index in [-0.39, 0.29) is 6.42 Å². The zero-order chi connectivity index (χ0) is 18.0. The number of methoxy groups -OCH3 is 2. The van der Waals surface area contributed by atoms with Crippen LogP contribution in [-0.4, -0.2) is 41.6 Å². The number of rotatable bonds is 6. The van der Waals surface area contributed by atoms with Crippen LogP contribution in [0.25, 0.3) is 22.1 Å². The zero-order valence-corrected chi connectivity index (χ0v) is 13.6. The summed E-state index contributed by atoms with van der Waals surface area (Å²) in [5, 5.41) is 11.7. The molecule has 9 nitrogen and oxygen atoms in total. The molecule has 3 aromatic rings. The van der Waals surface area contributed by atoms with E-state index in [4.69, 9.17) is 9.15 Å². The molecule has 1 unspecified atom stereocenters. The van der Waals surface area contributed by atoms with Crippen LogP contribution in [0.5, 0.6) is 5.75 Å². The first-order valence-electron chi connectivity index (χ1n) is 7.42. The van der Waals surface area contributed by atoms with Crippen molar-refractivity contribution in [3.8, 4) is 5.75 Å². The summed E-state index contributed by atoms with van der Waals surface area (Å²) < 4.78 is 15.7. The number of aromatic nitrogens is 2. The minimum absolute atomic E-state index is 0.128. The number of carbonyl (C=O) groups excluding carboxylic acids is 1. The van der Waals surface area contributed by atoms with Crippen molar-refractivity contribution >= 4 is 28.0 Å². The fraction of sp³-hybridized carbons (Fsp3) is 0.312. The number of nitro groups is 1. The first-order valence-corrected chi connectivity index (χ1v) is 7.42. The first-order chi connectivity index (χ1) is 12.0. The molecule has 1 aromatic carbocycles. The molecule has 130 valence electrons. The zero-order valence-electron chi connectivity index (χ0n) is 13.6. The van der Waals surface area contributed by atoms with Crippen LogP contribution in [0.2, 0.25) is 0 Å². The summed E-state index contributed by atoms with van der Waals surface area (Å²) in [6, 6.07) is 3.34. The molecule has 2 heterocycles. The summed E-state index contributed by atoms with van der Waals surface area (Å²) in [6.45, 7) is -0.422. The predicted octanol–water partition coefficient (Wildman–Crippen LogP) is 2.31. The second kappa shape index (κ2) is 6.71. The largest absolute Gasteiger partial charge is 0.493 e. The molecule has 0 N–H and O–H groups in total. The second-order valence-corrected chi connectivity index (χ2v) is 5.39. The quantitative estimate of drug-likeness (QED) is 0.379. The summed E-state index contributed by atoms with van der Waals surface area (Å²) in [6.07, 6.45) is 2.74. The molecule has 0 amide bonds. The van der Waals surface area contributed by atoms with E-state index in [0.717, 1.165) is 0 Å². The Morgan fingerprint density at radius 3 is 2.88 bits per heavy atom. The lowest BCUT2D eigenvalue weighted by Crippen LogP contribution is -2.17. The first kappa shape index (κ1) is 16.6. The van der Waals surface area contributed by atoms with E-state index in [1.54, 1.807) is 12.1 Å². The topological polar surface area (TPSA) is 118 Å². The molecular formula is C16H15N3O6. The molecule has 0 radical (unpaired) electrons. The number of furan rings is 1. The third kappa shape index (κ3) is 3.08. The molecule has 0 aliphatic heterocycles. The Kier molecular flexibility index (Phi) is 4.46. The van der Waals surface area contributed by atoms with Crippen molar-refractivity contribution in [3.63, 3.8) is 0 Å². The molecule has 9 heteroatoms. The Hall–Kier alpha value is -3.23. The molecule has 3 rings (SSSR count). The lowest BCUT2D eigenvalue weighted by Gasteiger charge is -2.14. The molecule has 25 heavy (non-hydrogen) atoms. The highest BCUT2D eigenvalue weighted by Gasteiger charge is 2.27. The highest BCUT2D eigenvalue weighted by molar-refractivity contribution is 6.06. The van der Waals surface area contributed by atoms with E-state index in [1.165, 1.54) is 26.7 Å². The molecule has 0 bridgehead atoms. The van der Waals surface area contributed by atoms with Crippen molar-refractivity contribution in [2.45, 2.75) is 12.3 Å². The Morgan fingerprint density at radius 1 is 1.40 bits per heavy atom. The Morgan fingerprint density at radius 2 is 2.20 bits per heavy atom. The Bertz CT molecular complexity index is 952. The van der Waals surface area contributed by atoms with Gasteiger partial charge < -0.3 is 13.9 Å². The van der Waals surface area contributed by atoms with Crippen molar-refractivity contribution in [1.29, 1.82) is 0 Å². The van der Waals surface area contributed by atoms with Crippen LogP contribution in [0.3, 0.4) is 0 Å². The maximum Gasteiger partial charge on any atom is 0.306 e. The Balaban J connectivity index is 2.25. The minimum atomic E-state index is -0.688. The van der Waals surface area contributed by atoms with Crippen molar-refractivity contribution in [1.82, 2.24) is 9.97 Å². The molecule has 0 saturated heterocycles. The highest BCUT2D eigenvalue weighted by atomic mass is 16.6. The molecule has 0 saturated carbocycles. The van der Waals surface area contributed by atoms with Crippen LogP contribution in [0.1, 0.15) is 17.9 Å². The van der Waals surface area contributed by atoms with Crippen molar-refractivity contribution in [3.05, 3.63) is 40.3 Å². The molecule has 0 aliphatic rings. The van der Waals surface area contributed by atoms with Crippen LogP contribution in [0.15, 0.2) is 29.1 Å². The number of ether oxygens (including phenoxy) is 2. The number of hydrogen-bond donors (Lipinski definition) is 0. The van der Waals surface area contributed by atoms with Gasteiger partial charge in [-0.1, -0.05) is 6.07 Å². The van der Waals surface area contributed by atoms with E-state index in [9.17, 15) is 14.9 Å². The normalized spacial score (nSPS) is 12.2. The number of fused-ring (bicyclic) bond motifs is 3. The SMILES string of the molecule is COC(=O)CC(C[N+](=O)[O-])c1ccc(OC)c2oc3cncnc3c12. The Labute approximate surface area is 141 Å². The predicted molar refractivity (Wildman–Crippen MR) is 87.1 cm³/mol. The smallest absolute Gasteiger partial charge is 0.306 e. The summed E-state index contributed by atoms with van der Waals surface area (Å²) in [5.41, 5.74) is 1.93. The van der Waals surface area contributed by atoms with Gasteiger partial charge in [-0.05, 0) is 11.6 Å². The molecule has 0 spiro atoms. The van der Waals surface area contributed by atoms with Crippen LogP contribution in [-0.2, 0) is 9.53 Å². The van der Waals surface area contributed by atoms with Gasteiger partial charge in [-0.25, -0.2) is 9.97 Å². The molecule has 0 fully saturated rings. The number of esters is 1. The highest BCUT2D eigenvalue weighted by Crippen LogP contribution is 2.39. The van der Waals surface area contributed by atoms with Crippen LogP contribution < -0.4 is 4.74 Å². The van der Waals surface area contributed by atoms with Crippen molar-refractivity contribution < 1.29 is 23.6 Å². The van der Waals surface area contributed by atoms with E-state index in [0.29, 0.717) is 33.4 Å². The molecule has 0 aliphatic carbocycles.